The number of hydrogen-bond acceptors (Lipinski definition) is 3. The second kappa shape index (κ2) is 4.34. The predicted octanol–water partition coefficient (Wildman–Crippen LogP) is 3.37. The summed E-state index contributed by atoms with van der Waals surface area (Å²) < 4.78 is 0. The molecule has 1 aromatic carbocycles. The van der Waals surface area contributed by atoms with Crippen LogP contribution in [0.4, 0.5) is 5.82 Å². The van der Waals surface area contributed by atoms with Crippen molar-refractivity contribution >= 4 is 16.9 Å². The average molecular weight is 264 g/mol. The Kier molecular flexibility index (Phi) is 2.49. The average Bonchev–Trinajstić information content (AvgIpc) is 3.03. The fourth-order valence-electron chi connectivity index (χ4n) is 3.06. The van der Waals surface area contributed by atoms with Gasteiger partial charge in [0.2, 0.25) is 0 Å². The molecule has 0 aliphatic heterocycles. The number of hydrogen-bond donors (Lipinski definition) is 2. The standard InChI is InChI=1S/C16H16N4/c1-10-8-13-15(19-10)17-9-18-16(13)20-14-7-6-11-4-2-3-5-12(11)14/h2-5,8-9,14H,6-7H2,1H3,(H2,17,18,19,20)/t14-/m0/s1. The van der Waals surface area contributed by atoms with E-state index in [1.54, 1.807) is 6.33 Å². The molecule has 2 heterocycles. The van der Waals surface area contributed by atoms with Crippen LogP contribution < -0.4 is 5.32 Å². The molecule has 0 fully saturated rings. The smallest absolute Gasteiger partial charge is 0.143 e. The van der Waals surface area contributed by atoms with Gasteiger partial charge >= 0.3 is 0 Å². The van der Waals surface area contributed by atoms with Crippen LogP contribution in [0.2, 0.25) is 0 Å². The molecule has 4 rings (SSSR count). The Bertz CT molecular complexity index is 775. The van der Waals surface area contributed by atoms with Crippen LogP contribution in [0.3, 0.4) is 0 Å². The first-order valence-corrected chi connectivity index (χ1v) is 6.96. The number of H-pyrrole nitrogens is 1. The highest BCUT2D eigenvalue weighted by atomic mass is 15.1. The molecule has 2 N–H and O–H groups in total. The number of anilines is 1. The van der Waals surface area contributed by atoms with Gasteiger partial charge in [0.25, 0.3) is 0 Å². The quantitative estimate of drug-likeness (QED) is 0.746. The van der Waals surface area contributed by atoms with Crippen molar-refractivity contribution in [3.63, 3.8) is 0 Å². The minimum absolute atomic E-state index is 0.347. The summed E-state index contributed by atoms with van der Waals surface area (Å²) in [6.07, 6.45) is 3.87. The normalized spacial score (nSPS) is 17.4. The van der Waals surface area contributed by atoms with E-state index < -0.39 is 0 Å². The maximum Gasteiger partial charge on any atom is 0.143 e. The van der Waals surface area contributed by atoms with Crippen molar-refractivity contribution in [2.24, 2.45) is 0 Å². The van der Waals surface area contributed by atoms with Crippen LogP contribution in [0.15, 0.2) is 36.7 Å². The third kappa shape index (κ3) is 1.76. The van der Waals surface area contributed by atoms with Crippen LogP contribution in [0.1, 0.15) is 29.3 Å². The van der Waals surface area contributed by atoms with E-state index in [0.29, 0.717) is 6.04 Å². The second-order valence-electron chi connectivity index (χ2n) is 5.37. The van der Waals surface area contributed by atoms with Gasteiger partial charge in [0.15, 0.2) is 0 Å². The summed E-state index contributed by atoms with van der Waals surface area (Å²) in [7, 11) is 0. The number of benzene rings is 1. The van der Waals surface area contributed by atoms with E-state index in [-0.39, 0.29) is 0 Å². The van der Waals surface area contributed by atoms with Crippen LogP contribution in [-0.2, 0) is 6.42 Å². The number of rotatable bonds is 2. The van der Waals surface area contributed by atoms with Crippen LogP contribution >= 0.6 is 0 Å². The number of aromatic nitrogens is 3. The number of aryl methyl sites for hydroxylation is 2. The first kappa shape index (κ1) is 11.5. The van der Waals surface area contributed by atoms with E-state index >= 15 is 0 Å². The Morgan fingerprint density at radius 2 is 2.15 bits per heavy atom. The molecule has 0 bridgehead atoms. The number of nitrogens with one attached hydrogen (secondary N) is 2. The SMILES string of the molecule is Cc1cc2c(N[C@H]3CCc4ccccc43)ncnc2[nH]1. The van der Waals surface area contributed by atoms with Crippen molar-refractivity contribution in [3.05, 3.63) is 53.5 Å². The monoisotopic (exact) mass is 264 g/mol. The van der Waals surface area contributed by atoms with Crippen molar-refractivity contribution in [1.29, 1.82) is 0 Å². The molecular weight excluding hydrogens is 248 g/mol. The molecule has 0 saturated carbocycles. The first-order chi connectivity index (χ1) is 9.81. The van der Waals surface area contributed by atoms with Gasteiger partial charge in [-0.1, -0.05) is 24.3 Å². The highest BCUT2D eigenvalue weighted by molar-refractivity contribution is 5.87. The molecule has 0 saturated heterocycles. The Morgan fingerprint density at radius 1 is 1.25 bits per heavy atom. The van der Waals surface area contributed by atoms with Gasteiger partial charge in [-0.15, -0.1) is 0 Å². The maximum atomic E-state index is 4.41. The molecule has 1 aliphatic rings. The summed E-state index contributed by atoms with van der Waals surface area (Å²) in [4.78, 5) is 11.9. The minimum atomic E-state index is 0.347. The van der Waals surface area contributed by atoms with E-state index in [1.807, 2.05) is 6.92 Å². The Morgan fingerprint density at radius 3 is 3.10 bits per heavy atom. The fourth-order valence-corrected chi connectivity index (χ4v) is 3.06. The lowest BCUT2D eigenvalue weighted by molar-refractivity contribution is 0.758. The largest absolute Gasteiger partial charge is 0.363 e. The molecule has 0 amide bonds. The van der Waals surface area contributed by atoms with Gasteiger partial charge in [0.1, 0.15) is 17.8 Å². The second-order valence-corrected chi connectivity index (χ2v) is 5.37. The van der Waals surface area contributed by atoms with E-state index in [2.05, 4.69) is 50.6 Å². The Labute approximate surface area is 117 Å². The zero-order valence-corrected chi connectivity index (χ0v) is 11.4. The van der Waals surface area contributed by atoms with Crippen molar-refractivity contribution in [1.82, 2.24) is 15.0 Å². The summed E-state index contributed by atoms with van der Waals surface area (Å²) in [6, 6.07) is 11.1. The summed E-state index contributed by atoms with van der Waals surface area (Å²) in [6.45, 7) is 2.04. The van der Waals surface area contributed by atoms with E-state index in [9.17, 15) is 0 Å². The van der Waals surface area contributed by atoms with Crippen LogP contribution in [0, 0.1) is 6.92 Å². The lowest BCUT2D eigenvalue weighted by Crippen LogP contribution is -2.08. The summed E-state index contributed by atoms with van der Waals surface area (Å²) in [5.41, 5.74) is 4.84. The van der Waals surface area contributed by atoms with Gasteiger partial charge < -0.3 is 10.3 Å². The zero-order valence-electron chi connectivity index (χ0n) is 11.4. The van der Waals surface area contributed by atoms with E-state index in [1.165, 1.54) is 11.1 Å². The first-order valence-electron chi connectivity index (χ1n) is 6.96. The van der Waals surface area contributed by atoms with Crippen molar-refractivity contribution < 1.29 is 0 Å². The summed E-state index contributed by atoms with van der Waals surface area (Å²) >= 11 is 0. The van der Waals surface area contributed by atoms with Gasteiger partial charge in [-0.3, -0.25) is 0 Å². The lowest BCUT2D eigenvalue weighted by atomic mass is 10.1. The summed E-state index contributed by atoms with van der Waals surface area (Å²) in [5, 5.41) is 4.65. The molecular formula is C16H16N4. The highest BCUT2D eigenvalue weighted by Gasteiger charge is 2.22. The maximum absolute atomic E-state index is 4.41. The molecule has 4 nitrogen and oxygen atoms in total. The number of nitrogens with zero attached hydrogens (tertiary/aromatic N) is 2. The van der Waals surface area contributed by atoms with Crippen LogP contribution in [0.5, 0.6) is 0 Å². The third-order valence-corrected chi connectivity index (χ3v) is 4.00. The molecule has 0 unspecified atom stereocenters. The molecule has 1 aliphatic carbocycles. The third-order valence-electron chi connectivity index (χ3n) is 4.00. The van der Waals surface area contributed by atoms with Crippen LogP contribution in [0.25, 0.3) is 11.0 Å². The molecule has 4 heteroatoms. The molecule has 2 aromatic heterocycles. The van der Waals surface area contributed by atoms with Crippen molar-refractivity contribution in [2.75, 3.05) is 5.32 Å². The molecule has 1 atom stereocenters. The predicted molar refractivity (Wildman–Crippen MR) is 79.8 cm³/mol. The van der Waals surface area contributed by atoms with E-state index in [0.717, 1.165) is 35.4 Å². The Balaban J connectivity index is 1.72. The van der Waals surface area contributed by atoms with Crippen LogP contribution in [-0.4, -0.2) is 15.0 Å². The zero-order chi connectivity index (χ0) is 13.5. The molecule has 0 radical (unpaired) electrons. The van der Waals surface area contributed by atoms with Crippen molar-refractivity contribution in [2.45, 2.75) is 25.8 Å². The Hall–Kier alpha value is -2.36. The van der Waals surface area contributed by atoms with Gasteiger partial charge in [-0.05, 0) is 37.0 Å². The lowest BCUT2D eigenvalue weighted by Gasteiger charge is -2.15. The van der Waals surface area contributed by atoms with Gasteiger partial charge in [0.05, 0.1) is 11.4 Å². The van der Waals surface area contributed by atoms with Gasteiger partial charge in [-0.2, -0.15) is 0 Å². The molecule has 3 aromatic rings. The number of fused-ring (bicyclic) bond motifs is 2. The topological polar surface area (TPSA) is 53.6 Å². The summed E-state index contributed by atoms with van der Waals surface area (Å²) in [5.74, 6) is 0.918. The minimum Gasteiger partial charge on any atom is -0.363 e. The molecule has 20 heavy (non-hydrogen) atoms. The number of aromatic amines is 1. The van der Waals surface area contributed by atoms with Gasteiger partial charge in [-0.25, -0.2) is 9.97 Å². The highest BCUT2D eigenvalue weighted by Crippen LogP contribution is 2.34. The fraction of sp³-hybridized carbons (Fsp3) is 0.250. The van der Waals surface area contributed by atoms with Crippen molar-refractivity contribution in [3.8, 4) is 0 Å². The van der Waals surface area contributed by atoms with Gasteiger partial charge in [0, 0.05) is 5.69 Å². The van der Waals surface area contributed by atoms with E-state index in [4.69, 9.17) is 0 Å². The molecule has 0 spiro atoms. The molecule has 100 valence electrons.